The van der Waals surface area contributed by atoms with Gasteiger partial charge in [-0.1, -0.05) is 12.1 Å². The fraction of sp³-hybridized carbons (Fsp3) is 0.280. The molecule has 5 rings (SSSR count). The number of benzene rings is 1. The zero-order chi connectivity index (χ0) is 25.2. The van der Waals surface area contributed by atoms with Crippen LogP contribution >= 0.6 is 11.3 Å². The summed E-state index contributed by atoms with van der Waals surface area (Å²) >= 11 is 1.31. The molecule has 11 heteroatoms. The van der Waals surface area contributed by atoms with Gasteiger partial charge in [0, 0.05) is 44.0 Å². The number of esters is 1. The number of hydrogen-bond acceptors (Lipinski definition) is 9. The lowest BCUT2D eigenvalue weighted by molar-refractivity contribution is 0.0524. The minimum atomic E-state index is -0.772. The number of para-hydroxylation sites is 2. The largest absolute Gasteiger partial charge is 0.495 e. The van der Waals surface area contributed by atoms with Crippen LogP contribution in [-0.4, -0.2) is 60.4 Å². The summed E-state index contributed by atoms with van der Waals surface area (Å²) in [6, 6.07) is 8.94. The molecule has 3 aromatic heterocycles. The van der Waals surface area contributed by atoms with Gasteiger partial charge in [-0.25, -0.2) is 19.2 Å². The van der Waals surface area contributed by atoms with Crippen LogP contribution < -0.4 is 20.0 Å². The van der Waals surface area contributed by atoms with Crippen molar-refractivity contribution in [3.63, 3.8) is 0 Å². The Balaban J connectivity index is 1.53. The molecular formula is C25H24FN5O4S. The third kappa shape index (κ3) is 4.26. The predicted molar refractivity (Wildman–Crippen MR) is 136 cm³/mol. The summed E-state index contributed by atoms with van der Waals surface area (Å²) in [7, 11) is 1.64. The number of carbonyl (C=O) groups is 1. The van der Waals surface area contributed by atoms with Gasteiger partial charge < -0.3 is 19.3 Å². The molecule has 0 N–H and O–H groups in total. The van der Waals surface area contributed by atoms with Gasteiger partial charge in [0.25, 0.3) is 0 Å². The number of rotatable bonds is 6. The molecule has 0 atom stereocenters. The lowest BCUT2D eigenvalue weighted by Gasteiger charge is -2.37. The van der Waals surface area contributed by atoms with Gasteiger partial charge in [-0.2, -0.15) is 0 Å². The van der Waals surface area contributed by atoms with Gasteiger partial charge in [-0.05, 0) is 25.1 Å². The second-order valence-electron chi connectivity index (χ2n) is 8.09. The highest BCUT2D eigenvalue weighted by molar-refractivity contribution is 7.12. The van der Waals surface area contributed by atoms with Crippen LogP contribution in [0.5, 0.6) is 5.75 Å². The highest BCUT2D eigenvalue weighted by atomic mass is 32.1. The van der Waals surface area contributed by atoms with Gasteiger partial charge in [0.2, 0.25) is 5.43 Å². The molecule has 1 aliphatic heterocycles. The number of hydrogen-bond donors (Lipinski definition) is 0. The summed E-state index contributed by atoms with van der Waals surface area (Å²) in [5.41, 5.74) is 0.386. The molecule has 4 aromatic rings. The van der Waals surface area contributed by atoms with Crippen LogP contribution in [0.25, 0.3) is 16.2 Å². The van der Waals surface area contributed by atoms with Gasteiger partial charge in [-0.3, -0.25) is 9.36 Å². The fourth-order valence-electron chi connectivity index (χ4n) is 4.32. The molecule has 0 unspecified atom stereocenters. The normalized spacial score (nSPS) is 13.8. The number of methoxy groups -OCH3 is 1. The number of ether oxygens (including phenoxy) is 2. The van der Waals surface area contributed by atoms with Crippen LogP contribution in [0.1, 0.15) is 17.3 Å². The minimum absolute atomic E-state index is 0.00957. The molecule has 1 aliphatic rings. The number of pyridine rings is 2. The summed E-state index contributed by atoms with van der Waals surface area (Å²) in [4.78, 5) is 38.5. The first kappa shape index (κ1) is 23.7. The molecule has 0 saturated carbocycles. The van der Waals surface area contributed by atoms with E-state index in [-0.39, 0.29) is 29.0 Å². The van der Waals surface area contributed by atoms with Gasteiger partial charge in [0.15, 0.2) is 22.4 Å². The molecule has 9 nitrogen and oxygen atoms in total. The van der Waals surface area contributed by atoms with Crippen molar-refractivity contribution in [1.29, 1.82) is 0 Å². The smallest absolute Gasteiger partial charge is 0.343 e. The minimum Gasteiger partial charge on any atom is -0.495 e. The zero-order valence-electron chi connectivity index (χ0n) is 19.8. The molecule has 0 bridgehead atoms. The molecule has 186 valence electrons. The number of nitrogens with zero attached hydrogens (tertiary/aromatic N) is 5. The maximum atomic E-state index is 15.4. The summed E-state index contributed by atoms with van der Waals surface area (Å²) < 4.78 is 27.4. The van der Waals surface area contributed by atoms with E-state index < -0.39 is 17.2 Å². The van der Waals surface area contributed by atoms with Crippen molar-refractivity contribution in [3.05, 3.63) is 69.7 Å². The molecule has 1 saturated heterocycles. The Hall–Kier alpha value is -3.99. The van der Waals surface area contributed by atoms with E-state index in [4.69, 9.17) is 9.47 Å². The van der Waals surface area contributed by atoms with E-state index >= 15 is 4.39 Å². The van der Waals surface area contributed by atoms with Crippen LogP contribution in [0, 0.1) is 5.82 Å². The van der Waals surface area contributed by atoms with Crippen LogP contribution in [0.3, 0.4) is 0 Å². The van der Waals surface area contributed by atoms with Crippen molar-refractivity contribution < 1.29 is 18.7 Å². The molecule has 1 fully saturated rings. The molecule has 0 spiro atoms. The molecule has 4 heterocycles. The van der Waals surface area contributed by atoms with E-state index in [1.807, 2.05) is 29.2 Å². The van der Waals surface area contributed by atoms with Crippen molar-refractivity contribution in [2.24, 2.45) is 0 Å². The second-order valence-corrected chi connectivity index (χ2v) is 8.96. The standard InChI is InChI=1S/C25H24FN5O4S/c1-3-35-24(33)17-15-31(25-27-8-13-36-25)22-16(21(17)32)14-18(26)23(28-22)30-11-9-29(10-12-30)19-6-4-5-7-20(19)34-2/h4-8,13-15H,3,9-12H2,1-2H3. The Labute approximate surface area is 210 Å². The average molecular weight is 510 g/mol. The van der Waals surface area contributed by atoms with Crippen molar-refractivity contribution in [1.82, 2.24) is 14.5 Å². The monoisotopic (exact) mass is 509 g/mol. The topological polar surface area (TPSA) is 89.8 Å². The Bertz CT molecular complexity index is 1470. The maximum Gasteiger partial charge on any atom is 0.343 e. The quantitative estimate of drug-likeness (QED) is 0.365. The van der Waals surface area contributed by atoms with E-state index in [0.29, 0.717) is 31.3 Å². The van der Waals surface area contributed by atoms with Crippen LogP contribution in [0.15, 0.2) is 52.9 Å². The number of thiazole rings is 1. The Morgan fingerprint density at radius 1 is 1.17 bits per heavy atom. The summed E-state index contributed by atoms with van der Waals surface area (Å²) in [6.45, 7) is 4.09. The van der Waals surface area contributed by atoms with E-state index in [9.17, 15) is 9.59 Å². The number of fused-ring (bicyclic) bond motifs is 1. The van der Waals surface area contributed by atoms with Crippen molar-refractivity contribution in [2.45, 2.75) is 6.92 Å². The van der Waals surface area contributed by atoms with E-state index in [1.54, 1.807) is 30.2 Å². The van der Waals surface area contributed by atoms with Gasteiger partial charge >= 0.3 is 5.97 Å². The molecular weight excluding hydrogens is 485 g/mol. The van der Waals surface area contributed by atoms with E-state index in [1.165, 1.54) is 17.5 Å². The van der Waals surface area contributed by atoms with Gasteiger partial charge in [-0.15, -0.1) is 11.3 Å². The van der Waals surface area contributed by atoms with Gasteiger partial charge in [0.1, 0.15) is 11.3 Å². The first-order valence-electron chi connectivity index (χ1n) is 11.5. The molecule has 0 amide bonds. The van der Waals surface area contributed by atoms with E-state index in [0.717, 1.165) is 17.5 Å². The Morgan fingerprint density at radius 2 is 1.92 bits per heavy atom. The maximum absolute atomic E-state index is 15.4. The van der Waals surface area contributed by atoms with Gasteiger partial charge in [0.05, 0.1) is 24.8 Å². The number of piperazine rings is 1. The zero-order valence-corrected chi connectivity index (χ0v) is 20.6. The first-order chi connectivity index (χ1) is 17.5. The van der Waals surface area contributed by atoms with Crippen molar-refractivity contribution in [3.8, 4) is 10.9 Å². The number of carbonyl (C=O) groups excluding carboxylic acids is 1. The number of anilines is 2. The Morgan fingerprint density at radius 3 is 2.61 bits per heavy atom. The predicted octanol–water partition coefficient (Wildman–Crippen LogP) is 3.49. The summed E-state index contributed by atoms with van der Waals surface area (Å²) in [5, 5.41) is 2.26. The average Bonchev–Trinajstić information content (AvgIpc) is 3.44. The highest BCUT2D eigenvalue weighted by Gasteiger charge is 2.26. The molecule has 1 aromatic carbocycles. The lowest BCUT2D eigenvalue weighted by atomic mass is 10.1. The third-order valence-corrected chi connectivity index (χ3v) is 6.81. The number of aromatic nitrogens is 3. The van der Waals surface area contributed by atoms with E-state index in [2.05, 4.69) is 14.9 Å². The second kappa shape index (κ2) is 9.94. The molecule has 36 heavy (non-hydrogen) atoms. The molecule has 0 aliphatic carbocycles. The summed E-state index contributed by atoms with van der Waals surface area (Å²) in [6.07, 6.45) is 2.98. The first-order valence-corrected chi connectivity index (χ1v) is 12.4. The number of halogens is 1. The highest BCUT2D eigenvalue weighted by Crippen LogP contribution is 2.30. The molecule has 0 radical (unpaired) electrons. The van der Waals surface area contributed by atoms with Crippen molar-refractivity contribution >= 4 is 39.8 Å². The summed E-state index contributed by atoms with van der Waals surface area (Å²) in [5.74, 6) is -0.467. The van der Waals surface area contributed by atoms with Crippen molar-refractivity contribution in [2.75, 3.05) is 49.7 Å². The Kier molecular flexibility index (Phi) is 6.55. The van der Waals surface area contributed by atoms with Crippen LogP contribution in [0.2, 0.25) is 0 Å². The third-order valence-electron chi connectivity index (χ3n) is 6.04. The van der Waals surface area contributed by atoms with Crippen LogP contribution in [-0.2, 0) is 4.74 Å². The SMILES string of the molecule is CCOC(=O)c1cn(-c2nccs2)c2nc(N3CCN(c4ccccc4OC)CC3)c(F)cc2c1=O. The van der Waals surface area contributed by atoms with Crippen LogP contribution in [0.4, 0.5) is 15.9 Å². The lowest BCUT2D eigenvalue weighted by Crippen LogP contribution is -2.47. The fourth-order valence-corrected chi connectivity index (χ4v) is 4.94.